The number of rotatable bonds is 6. The Morgan fingerprint density at radius 1 is 1.14 bits per heavy atom. The number of aliphatic hydroxyl groups is 1. The summed E-state index contributed by atoms with van der Waals surface area (Å²) in [5, 5.41) is 15.6. The summed E-state index contributed by atoms with van der Waals surface area (Å²) in [5.41, 5.74) is 3.73. The highest BCUT2D eigenvalue weighted by Crippen LogP contribution is 2.24. The molecule has 0 fully saturated rings. The van der Waals surface area contributed by atoms with Crippen molar-refractivity contribution >= 4 is 28.6 Å². The molecule has 0 aliphatic carbocycles. The van der Waals surface area contributed by atoms with Crippen molar-refractivity contribution in [1.82, 2.24) is 9.55 Å². The molecule has 6 nitrogen and oxygen atoms in total. The first kappa shape index (κ1) is 19.9. The van der Waals surface area contributed by atoms with Gasteiger partial charge in [-0.2, -0.15) is 0 Å². The van der Waals surface area contributed by atoms with E-state index < -0.39 is 6.10 Å². The number of carbonyl (C=O) groups excluding carboxylic acids is 1. The highest BCUT2D eigenvalue weighted by Gasteiger charge is 2.15. The van der Waals surface area contributed by atoms with Crippen molar-refractivity contribution in [2.45, 2.75) is 45.8 Å². The summed E-state index contributed by atoms with van der Waals surface area (Å²) in [6.07, 6.45) is -0.511. The maximum atomic E-state index is 12.7. The van der Waals surface area contributed by atoms with Crippen molar-refractivity contribution in [1.29, 1.82) is 0 Å². The zero-order valence-electron chi connectivity index (χ0n) is 16.9. The average molecular weight is 380 g/mol. The van der Waals surface area contributed by atoms with E-state index in [1.165, 1.54) is 5.56 Å². The van der Waals surface area contributed by atoms with E-state index in [2.05, 4.69) is 36.4 Å². The molecule has 0 radical (unpaired) electrons. The molecule has 0 aliphatic rings. The van der Waals surface area contributed by atoms with Gasteiger partial charge in [0.15, 0.2) is 0 Å². The molecule has 1 amide bonds. The van der Waals surface area contributed by atoms with Gasteiger partial charge in [0.25, 0.3) is 0 Å². The molecular weight excluding hydrogens is 352 g/mol. The van der Waals surface area contributed by atoms with Crippen molar-refractivity contribution in [3.63, 3.8) is 0 Å². The summed E-state index contributed by atoms with van der Waals surface area (Å²) >= 11 is 0. The van der Waals surface area contributed by atoms with Crippen LogP contribution >= 0.6 is 0 Å². The predicted molar refractivity (Wildman–Crippen MR) is 114 cm³/mol. The number of anilines is 2. The summed E-state index contributed by atoms with van der Waals surface area (Å²) in [4.78, 5) is 17.2. The molecule has 0 unspecified atom stereocenters. The minimum absolute atomic E-state index is 0.0721. The largest absolute Gasteiger partial charge is 0.392 e. The summed E-state index contributed by atoms with van der Waals surface area (Å²) in [5.74, 6) is 0.437. The Hall–Kier alpha value is -2.86. The summed E-state index contributed by atoms with van der Waals surface area (Å²) < 4.78 is 1.83. The molecule has 0 saturated carbocycles. The number of aliphatic hydroxyl groups excluding tert-OH is 1. The molecule has 28 heavy (non-hydrogen) atoms. The van der Waals surface area contributed by atoms with E-state index in [-0.39, 0.29) is 17.9 Å². The number of fused-ring (bicyclic) bond motifs is 1. The molecule has 0 saturated heterocycles. The van der Waals surface area contributed by atoms with E-state index >= 15 is 0 Å². The molecule has 1 heterocycles. The van der Waals surface area contributed by atoms with Crippen LogP contribution in [0.2, 0.25) is 0 Å². The van der Waals surface area contributed by atoms with Crippen LogP contribution in [-0.4, -0.2) is 33.2 Å². The van der Waals surface area contributed by atoms with Gasteiger partial charge >= 0.3 is 0 Å². The molecule has 1 atom stereocenters. The summed E-state index contributed by atoms with van der Waals surface area (Å²) in [6, 6.07) is 15.6. The normalized spacial score (nSPS) is 12.8. The van der Waals surface area contributed by atoms with Gasteiger partial charge in [-0.1, -0.05) is 45.0 Å². The zero-order valence-corrected chi connectivity index (χ0v) is 16.9. The lowest BCUT2D eigenvalue weighted by atomic mass is 9.87. The third-order valence-electron chi connectivity index (χ3n) is 4.55. The van der Waals surface area contributed by atoms with Crippen LogP contribution in [-0.2, 0) is 16.8 Å². The third-order valence-corrected chi connectivity index (χ3v) is 4.55. The predicted octanol–water partition coefficient (Wildman–Crippen LogP) is 3.77. The monoisotopic (exact) mass is 380 g/mol. The zero-order chi connectivity index (χ0) is 20.3. The van der Waals surface area contributed by atoms with Gasteiger partial charge < -0.3 is 20.3 Å². The topological polar surface area (TPSA) is 79.2 Å². The van der Waals surface area contributed by atoms with Gasteiger partial charge in [0, 0.05) is 12.2 Å². The summed E-state index contributed by atoms with van der Waals surface area (Å²) in [7, 11) is 0. The Balaban J connectivity index is 1.77. The van der Waals surface area contributed by atoms with E-state index in [9.17, 15) is 9.90 Å². The van der Waals surface area contributed by atoms with Crippen LogP contribution in [0.1, 0.15) is 33.3 Å². The first-order valence-corrected chi connectivity index (χ1v) is 9.51. The molecule has 0 spiro atoms. The van der Waals surface area contributed by atoms with Crippen molar-refractivity contribution in [2.24, 2.45) is 0 Å². The second kappa shape index (κ2) is 8.02. The number of benzene rings is 2. The van der Waals surface area contributed by atoms with E-state index in [1.807, 2.05) is 53.1 Å². The Kier molecular flexibility index (Phi) is 5.70. The Morgan fingerprint density at radius 2 is 1.82 bits per heavy atom. The number of nitrogens with zero attached hydrogens (tertiary/aromatic N) is 2. The van der Waals surface area contributed by atoms with Gasteiger partial charge in [-0.3, -0.25) is 4.79 Å². The van der Waals surface area contributed by atoms with E-state index in [0.29, 0.717) is 12.5 Å². The van der Waals surface area contributed by atoms with Crippen LogP contribution in [0.25, 0.3) is 11.0 Å². The fourth-order valence-electron chi connectivity index (χ4n) is 3.01. The van der Waals surface area contributed by atoms with E-state index in [1.54, 1.807) is 6.92 Å². The number of nitrogens with one attached hydrogen (secondary N) is 2. The second-order valence-electron chi connectivity index (χ2n) is 8.12. The molecule has 0 bridgehead atoms. The van der Waals surface area contributed by atoms with Gasteiger partial charge in [-0.25, -0.2) is 4.98 Å². The molecule has 3 N–H and O–H groups in total. The van der Waals surface area contributed by atoms with Crippen molar-refractivity contribution in [3.05, 3.63) is 54.1 Å². The second-order valence-corrected chi connectivity index (χ2v) is 8.12. The van der Waals surface area contributed by atoms with Crippen molar-refractivity contribution < 1.29 is 9.90 Å². The maximum Gasteiger partial charge on any atom is 0.244 e. The van der Waals surface area contributed by atoms with Crippen LogP contribution < -0.4 is 10.6 Å². The van der Waals surface area contributed by atoms with E-state index in [0.717, 1.165) is 16.7 Å². The number of aromatic nitrogens is 2. The Morgan fingerprint density at radius 3 is 2.46 bits per heavy atom. The van der Waals surface area contributed by atoms with Crippen molar-refractivity contribution in [2.75, 3.05) is 17.2 Å². The first-order chi connectivity index (χ1) is 13.2. The highest BCUT2D eigenvalue weighted by molar-refractivity contribution is 5.92. The minimum Gasteiger partial charge on any atom is -0.392 e. The van der Waals surface area contributed by atoms with Crippen LogP contribution in [0.4, 0.5) is 11.6 Å². The lowest BCUT2D eigenvalue weighted by molar-refractivity contribution is -0.116. The lowest BCUT2D eigenvalue weighted by Gasteiger charge is -2.19. The smallest absolute Gasteiger partial charge is 0.244 e. The third kappa shape index (κ3) is 4.70. The quantitative estimate of drug-likeness (QED) is 0.608. The van der Waals surface area contributed by atoms with Gasteiger partial charge in [-0.05, 0) is 42.2 Å². The molecule has 0 aliphatic heterocycles. The van der Waals surface area contributed by atoms with Gasteiger partial charge in [0.05, 0.1) is 17.1 Å². The standard InChI is InChI=1S/C22H28N4O2/c1-15(27)13-23-21-25-18-7-5-6-8-19(18)26(21)14-20(28)24-17-11-9-16(10-12-17)22(2,3)4/h5-12,15,27H,13-14H2,1-4H3,(H,23,25)(H,24,28)/t15-/m1/s1. The SMILES string of the molecule is C[C@@H](O)CNc1nc2ccccc2n1CC(=O)Nc1ccc(C(C)(C)C)cc1. The molecule has 1 aromatic heterocycles. The van der Waals surface area contributed by atoms with Crippen LogP contribution in [0.3, 0.4) is 0 Å². The van der Waals surface area contributed by atoms with Crippen molar-refractivity contribution in [3.8, 4) is 0 Å². The molecule has 6 heteroatoms. The van der Waals surface area contributed by atoms with Crippen LogP contribution in [0, 0.1) is 0 Å². The number of carbonyl (C=O) groups is 1. The Bertz CT molecular complexity index is 953. The summed E-state index contributed by atoms with van der Waals surface area (Å²) in [6.45, 7) is 8.67. The molecule has 148 valence electrons. The first-order valence-electron chi connectivity index (χ1n) is 9.51. The van der Waals surface area contributed by atoms with Gasteiger partial charge in [0.1, 0.15) is 6.54 Å². The molecule has 3 rings (SSSR count). The Labute approximate surface area is 165 Å². The number of imidazole rings is 1. The number of hydrogen-bond donors (Lipinski definition) is 3. The highest BCUT2D eigenvalue weighted by atomic mass is 16.3. The fraction of sp³-hybridized carbons (Fsp3) is 0.364. The number of para-hydroxylation sites is 2. The number of hydrogen-bond acceptors (Lipinski definition) is 4. The molecule has 2 aromatic carbocycles. The van der Waals surface area contributed by atoms with Gasteiger partial charge in [-0.15, -0.1) is 0 Å². The lowest BCUT2D eigenvalue weighted by Crippen LogP contribution is -2.22. The fourth-order valence-corrected chi connectivity index (χ4v) is 3.01. The minimum atomic E-state index is -0.511. The maximum absolute atomic E-state index is 12.7. The van der Waals surface area contributed by atoms with E-state index in [4.69, 9.17) is 0 Å². The average Bonchev–Trinajstić information content (AvgIpc) is 2.97. The van der Waals surface area contributed by atoms with Crippen LogP contribution in [0.5, 0.6) is 0 Å². The molecular formula is C22H28N4O2. The number of amides is 1. The van der Waals surface area contributed by atoms with Gasteiger partial charge in [0.2, 0.25) is 11.9 Å². The molecule has 3 aromatic rings. The van der Waals surface area contributed by atoms with Crippen LogP contribution in [0.15, 0.2) is 48.5 Å².